The number of hydrogen-bond donors (Lipinski definition) is 1. The maximum Gasteiger partial charge on any atom is 0.0309 e. The first kappa shape index (κ1) is 14.3. The van der Waals surface area contributed by atoms with Gasteiger partial charge in [0.1, 0.15) is 0 Å². The van der Waals surface area contributed by atoms with Crippen LogP contribution in [0.3, 0.4) is 0 Å². The molecule has 1 saturated carbocycles. The van der Waals surface area contributed by atoms with E-state index in [0.717, 1.165) is 12.0 Å². The van der Waals surface area contributed by atoms with Gasteiger partial charge in [0.05, 0.1) is 0 Å². The van der Waals surface area contributed by atoms with Gasteiger partial charge in [-0.3, -0.25) is 0 Å². The summed E-state index contributed by atoms with van der Waals surface area (Å²) in [6, 6.07) is 0.829. The third-order valence-corrected chi connectivity index (χ3v) is 5.25. The molecule has 0 spiro atoms. The fourth-order valence-corrected chi connectivity index (χ4v) is 4.32. The summed E-state index contributed by atoms with van der Waals surface area (Å²) in [5.41, 5.74) is 0.431. The molecule has 1 aliphatic carbocycles. The maximum absolute atomic E-state index is 3.81. The lowest BCUT2D eigenvalue weighted by atomic mass is 9.83. The monoisotopic (exact) mass is 252 g/mol. The minimum atomic E-state index is 0.431. The molecule has 3 unspecified atom stereocenters. The third kappa shape index (κ3) is 3.27. The predicted molar refractivity (Wildman–Crippen MR) is 78.9 cm³/mol. The fourth-order valence-electron chi connectivity index (χ4n) is 4.32. The SMILES string of the molecule is CCCC1(CN(C)C2CCCCC2C)CCCN1. The van der Waals surface area contributed by atoms with Gasteiger partial charge < -0.3 is 10.2 Å². The van der Waals surface area contributed by atoms with Crippen LogP contribution in [0.5, 0.6) is 0 Å². The van der Waals surface area contributed by atoms with Gasteiger partial charge in [0.25, 0.3) is 0 Å². The van der Waals surface area contributed by atoms with Crippen molar-refractivity contribution < 1.29 is 0 Å². The highest BCUT2D eigenvalue weighted by molar-refractivity contribution is 4.96. The summed E-state index contributed by atoms with van der Waals surface area (Å²) in [5, 5.41) is 3.81. The zero-order chi connectivity index (χ0) is 13.0. The molecule has 2 rings (SSSR count). The van der Waals surface area contributed by atoms with Crippen LogP contribution in [-0.4, -0.2) is 36.6 Å². The molecule has 1 saturated heterocycles. The Morgan fingerprint density at radius 2 is 2.00 bits per heavy atom. The van der Waals surface area contributed by atoms with Gasteiger partial charge in [-0.05, 0) is 51.6 Å². The Kier molecular flexibility index (Phi) is 5.08. The fraction of sp³-hybridized carbons (Fsp3) is 1.00. The first-order valence-electron chi connectivity index (χ1n) is 8.12. The second-order valence-corrected chi connectivity index (χ2v) is 6.80. The summed E-state index contributed by atoms with van der Waals surface area (Å²) < 4.78 is 0. The summed E-state index contributed by atoms with van der Waals surface area (Å²) in [6.07, 6.45) is 11.1. The summed E-state index contributed by atoms with van der Waals surface area (Å²) in [5.74, 6) is 0.892. The van der Waals surface area contributed by atoms with Crippen molar-refractivity contribution in [3.05, 3.63) is 0 Å². The molecular weight excluding hydrogens is 220 g/mol. The molecule has 2 nitrogen and oxygen atoms in total. The average Bonchev–Trinajstić information content (AvgIpc) is 2.78. The maximum atomic E-state index is 3.81. The second-order valence-electron chi connectivity index (χ2n) is 6.80. The summed E-state index contributed by atoms with van der Waals surface area (Å²) in [4.78, 5) is 2.68. The molecule has 18 heavy (non-hydrogen) atoms. The first-order chi connectivity index (χ1) is 8.67. The molecule has 1 aliphatic heterocycles. The quantitative estimate of drug-likeness (QED) is 0.806. The third-order valence-electron chi connectivity index (χ3n) is 5.25. The van der Waals surface area contributed by atoms with Gasteiger partial charge in [-0.2, -0.15) is 0 Å². The Hall–Kier alpha value is -0.0800. The molecule has 2 fully saturated rings. The number of likely N-dealkylation sites (N-methyl/N-ethyl adjacent to an activating group) is 1. The Bertz CT molecular complexity index is 245. The molecule has 0 aromatic rings. The van der Waals surface area contributed by atoms with E-state index in [1.54, 1.807) is 0 Å². The number of hydrogen-bond acceptors (Lipinski definition) is 2. The lowest BCUT2D eigenvalue weighted by molar-refractivity contribution is 0.103. The highest BCUT2D eigenvalue weighted by atomic mass is 15.2. The van der Waals surface area contributed by atoms with Gasteiger partial charge in [0.2, 0.25) is 0 Å². The van der Waals surface area contributed by atoms with Crippen molar-refractivity contribution in [3.8, 4) is 0 Å². The average molecular weight is 252 g/mol. The molecule has 2 aliphatic rings. The predicted octanol–water partition coefficient (Wildman–Crippen LogP) is 3.42. The lowest BCUT2D eigenvalue weighted by Gasteiger charge is -2.41. The largest absolute Gasteiger partial charge is 0.310 e. The minimum Gasteiger partial charge on any atom is -0.310 e. The van der Waals surface area contributed by atoms with E-state index in [-0.39, 0.29) is 0 Å². The highest BCUT2D eigenvalue weighted by Crippen LogP contribution is 2.31. The summed E-state index contributed by atoms with van der Waals surface area (Å²) in [7, 11) is 2.36. The zero-order valence-corrected chi connectivity index (χ0v) is 12.7. The van der Waals surface area contributed by atoms with Gasteiger partial charge in [0, 0.05) is 18.1 Å². The molecule has 0 aromatic carbocycles. The van der Waals surface area contributed by atoms with E-state index in [1.807, 2.05) is 0 Å². The molecule has 0 bridgehead atoms. The molecule has 0 radical (unpaired) electrons. The Morgan fingerprint density at radius 1 is 1.22 bits per heavy atom. The molecule has 2 heteroatoms. The van der Waals surface area contributed by atoms with Crippen LogP contribution in [-0.2, 0) is 0 Å². The van der Waals surface area contributed by atoms with Crippen LogP contribution < -0.4 is 5.32 Å². The summed E-state index contributed by atoms with van der Waals surface area (Å²) in [6.45, 7) is 7.27. The standard InChI is InChI=1S/C16H32N2/c1-4-10-16(11-7-12-17-16)13-18(3)15-9-6-5-8-14(15)2/h14-15,17H,4-13H2,1-3H3. The van der Waals surface area contributed by atoms with Crippen molar-refractivity contribution in [2.45, 2.75) is 76.8 Å². The number of nitrogens with one attached hydrogen (secondary N) is 1. The van der Waals surface area contributed by atoms with Crippen LogP contribution >= 0.6 is 0 Å². The van der Waals surface area contributed by atoms with Crippen LogP contribution in [0.15, 0.2) is 0 Å². The van der Waals surface area contributed by atoms with Crippen molar-refractivity contribution in [2.75, 3.05) is 20.1 Å². The van der Waals surface area contributed by atoms with Gasteiger partial charge in [-0.1, -0.05) is 33.1 Å². The van der Waals surface area contributed by atoms with Gasteiger partial charge in [-0.25, -0.2) is 0 Å². The topological polar surface area (TPSA) is 15.3 Å². The van der Waals surface area contributed by atoms with E-state index >= 15 is 0 Å². The number of rotatable bonds is 5. The molecule has 1 N–H and O–H groups in total. The van der Waals surface area contributed by atoms with Gasteiger partial charge in [-0.15, -0.1) is 0 Å². The summed E-state index contributed by atoms with van der Waals surface area (Å²) >= 11 is 0. The molecule has 0 aromatic heterocycles. The molecule has 106 valence electrons. The smallest absolute Gasteiger partial charge is 0.0309 e. The van der Waals surface area contributed by atoms with Crippen LogP contribution in [0.4, 0.5) is 0 Å². The van der Waals surface area contributed by atoms with Crippen LogP contribution in [0.25, 0.3) is 0 Å². The normalized spacial score (nSPS) is 37.3. The second kappa shape index (κ2) is 6.38. The van der Waals surface area contributed by atoms with E-state index in [1.165, 1.54) is 64.5 Å². The van der Waals surface area contributed by atoms with Crippen LogP contribution in [0.1, 0.15) is 65.2 Å². The lowest BCUT2D eigenvalue weighted by Crippen LogP contribution is -2.52. The Morgan fingerprint density at radius 3 is 2.61 bits per heavy atom. The number of nitrogens with zero attached hydrogens (tertiary/aromatic N) is 1. The van der Waals surface area contributed by atoms with Crippen LogP contribution in [0.2, 0.25) is 0 Å². The van der Waals surface area contributed by atoms with E-state index in [9.17, 15) is 0 Å². The highest BCUT2D eigenvalue weighted by Gasteiger charge is 2.36. The minimum absolute atomic E-state index is 0.431. The molecular formula is C16H32N2. The Labute approximate surface area is 114 Å². The van der Waals surface area contributed by atoms with Gasteiger partial charge >= 0.3 is 0 Å². The van der Waals surface area contributed by atoms with E-state index < -0.39 is 0 Å². The zero-order valence-electron chi connectivity index (χ0n) is 12.7. The Balaban J connectivity index is 1.93. The van der Waals surface area contributed by atoms with Crippen molar-refractivity contribution in [2.24, 2.45) is 5.92 Å². The van der Waals surface area contributed by atoms with E-state index in [4.69, 9.17) is 0 Å². The van der Waals surface area contributed by atoms with E-state index in [2.05, 4.69) is 31.1 Å². The van der Waals surface area contributed by atoms with Crippen molar-refractivity contribution in [1.29, 1.82) is 0 Å². The first-order valence-corrected chi connectivity index (χ1v) is 8.12. The molecule has 0 amide bonds. The van der Waals surface area contributed by atoms with Crippen molar-refractivity contribution in [1.82, 2.24) is 10.2 Å². The van der Waals surface area contributed by atoms with Crippen molar-refractivity contribution >= 4 is 0 Å². The molecule has 1 heterocycles. The van der Waals surface area contributed by atoms with Crippen LogP contribution in [0, 0.1) is 5.92 Å². The van der Waals surface area contributed by atoms with E-state index in [0.29, 0.717) is 5.54 Å². The van der Waals surface area contributed by atoms with Crippen molar-refractivity contribution in [3.63, 3.8) is 0 Å². The van der Waals surface area contributed by atoms with Gasteiger partial charge in [0.15, 0.2) is 0 Å². The molecule has 3 atom stereocenters.